The summed E-state index contributed by atoms with van der Waals surface area (Å²) in [5, 5.41) is 15.6. The number of aryl methyl sites for hydroxylation is 1. The molecule has 200 valence electrons. The van der Waals surface area contributed by atoms with Crippen LogP contribution in [-0.4, -0.2) is 99.1 Å². The molecule has 1 aromatic carbocycles. The van der Waals surface area contributed by atoms with E-state index in [9.17, 15) is 23.1 Å². The Labute approximate surface area is 213 Å². The van der Waals surface area contributed by atoms with Crippen LogP contribution in [0.5, 0.6) is 0 Å². The van der Waals surface area contributed by atoms with E-state index in [0.717, 1.165) is 57.7 Å². The van der Waals surface area contributed by atoms with Crippen molar-refractivity contribution < 1.29 is 23.1 Å². The lowest BCUT2D eigenvalue weighted by Gasteiger charge is -2.49. The molecule has 10 nitrogen and oxygen atoms in total. The van der Waals surface area contributed by atoms with Crippen LogP contribution in [0.15, 0.2) is 29.2 Å². The number of nitrogens with one attached hydrogen (secondary N) is 3. The predicted octanol–water partition coefficient (Wildman–Crippen LogP) is 0.381. The molecule has 4 rings (SSSR count). The van der Waals surface area contributed by atoms with E-state index in [1.165, 1.54) is 25.0 Å². The first-order chi connectivity index (χ1) is 17.2. The maximum absolute atomic E-state index is 12.7. The second-order valence-corrected chi connectivity index (χ2v) is 12.1. The molecule has 36 heavy (non-hydrogen) atoms. The summed E-state index contributed by atoms with van der Waals surface area (Å²) < 4.78 is 27.4. The van der Waals surface area contributed by atoms with Gasteiger partial charge in [0.2, 0.25) is 15.9 Å². The van der Waals surface area contributed by atoms with Gasteiger partial charge < -0.3 is 15.7 Å². The minimum atomic E-state index is -4.02. The zero-order valence-corrected chi connectivity index (χ0v) is 21.8. The molecule has 4 N–H and O–H groups in total. The highest BCUT2D eigenvalue weighted by Crippen LogP contribution is 2.29. The highest BCUT2D eigenvalue weighted by Gasteiger charge is 2.36. The van der Waals surface area contributed by atoms with E-state index in [2.05, 4.69) is 25.2 Å². The molecule has 11 heteroatoms. The van der Waals surface area contributed by atoms with Crippen molar-refractivity contribution >= 4 is 21.9 Å². The number of sulfonamides is 1. The molecule has 0 spiro atoms. The number of carbonyl (C=O) groups excluding carboxylic acids is 1. The Bertz CT molecular complexity index is 1010. The summed E-state index contributed by atoms with van der Waals surface area (Å²) in [5.41, 5.74) is 0.897. The van der Waals surface area contributed by atoms with Crippen molar-refractivity contribution in [2.45, 2.75) is 62.0 Å². The number of piperidine rings is 2. The quantitative estimate of drug-likeness (QED) is 0.367. The largest absolute Gasteiger partial charge is 0.480 e. The van der Waals surface area contributed by atoms with Gasteiger partial charge in [0.05, 0.1) is 4.90 Å². The standard InChI is InChI=1S/C25H39N5O5S/c1-18-2-4-22(5-3-18)36(34,35)28-23(25(32)33)16-27-24(31)15-19-8-11-29-12-13-30(17-21(29)14-19)20-6-9-26-10-7-20/h2-5,19-21,23,26,28H,6-17H2,1H3,(H,27,31)(H,32,33)/t19?,21-,23+/m1/s1. The van der Waals surface area contributed by atoms with Gasteiger partial charge in [-0.2, -0.15) is 4.72 Å². The number of rotatable bonds is 9. The monoisotopic (exact) mass is 521 g/mol. The number of benzene rings is 1. The molecule has 1 amide bonds. The Morgan fingerprint density at radius 3 is 2.44 bits per heavy atom. The van der Waals surface area contributed by atoms with Crippen LogP contribution < -0.4 is 15.4 Å². The van der Waals surface area contributed by atoms with Crippen LogP contribution in [-0.2, 0) is 19.6 Å². The summed E-state index contributed by atoms with van der Waals surface area (Å²) in [6, 6.07) is 5.81. The summed E-state index contributed by atoms with van der Waals surface area (Å²) in [4.78, 5) is 29.5. The molecule has 3 heterocycles. The lowest BCUT2D eigenvalue weighted by atomic mass is 9.86. The number of carbonyl (C=O) groups is 2. The minimum Gasteiger partial charge on any atom is -0.480 e. The lowest BCUT2D eigenvalue weighted by molar-refractivity contribution is -0.138. The SMILES string of the molecule is Cc1ccc(S(=O)(=O)N[C@@H](CNC(=O)CC2CCN3CCN(C4CCNCC4)C[C@H]3C2)C(=O)O)cc1. The number of hydrogen-bond donors (Lipinski definition) is 4. The number of nitrogens with zero attached hydrogens (tertiary/aromatic N) is 2. The number of carboxylic acid groups (broad SMARTS) is 1. The van der Waals surface area contributed by atoms with Gasteiger partial charge in [-0.25, -0.2) is 8.42 Å². The van der Waals surface area contributed by atoms with E-state index in [1.54, 1.807) is 12.1 Å². The summed E-state index contributed by atoms with van der Waals surface area (Å²) in [6.45, 7) is 7.92. The number of aliphatic carboxylic acids is 1. The molecule has 3 aliphatic heterocycles. The highest BCUT2D eigenvalue weighted by molar-refractivity contribution is 7.89. The molecule has 3 saturated heterocycles. The second-order valence-electron chi connectivity index (χ2n) is 10.4. The molecular weight excluding hydrogens is 482 g/mol. The third-order valence-corrected chi connectivity index (χ3v) is 9.28. The van der Waals surface area contributed by atoms with Crippen molar-refractivity contribution in [2.75, 3.05) is 45.8 Å². The summed E-state index contributed by atoms with van der Waals surface area (Å²) in [7, 11) is -4.02. The Morgan fingerprint density at radius 1 is 1.06 bits per heavy atom. The Balaban J connectivity index is 1.26. The Hall–Kier alpha value is -2.05. The topological polar surface area (TPSA) is 131 Å². The van der Waals surface area contributed by atoms with Gasteiger partial charge in [0.1, 0.15) is 6.04 Å². The van der Waals surface area contributed by atoms with Crippen molar-refractivity contribution in [3.05, 3.63) is 29.8 Å². The molecule has 0 aliphatic carbocycles. The van der Waals surface area contributed by atoms with E-state index >= 15 is 0 Å². The fourth-order valence-electron chi connectivity index (χ4n) is 5.68. The Kier molecular flexibility index (Phi) is 9.00. The van der Waals surface area contributed by atoms with Crippen LogP contribution >= 0.6 is 0 Å². The van der Waals surface area contributed by atoms with E-state index < -0.39 is 22.0 Å². The molecule has 3 aliphatic rings. The molecular formula is C25H39N5O5S. The molecule has 0 radical (unpaired) electrons. The Morgan fingerprint density at radius 2 is 1.75 bits per heavy atom. The molecule has 0 bridgehead atoms. The van der Waals surface area contributed by atoms with Crippen molar-refractivity contribution in [3.63, 3.8) is 0 Å². The first-order valence-electron chi connectivity index (χ1n) is 13.0. The van der Waals surface area contributed by atoms with Gasteiger partial charge in [0.15, 0.2) is 0 Å². The summed E-state index contributed by atoms with van der Waals surface area (Å²) in [6.07, 6.45) is 4.61. The normalized spacial score (nSPS) is 25.1. The molecule has 1 unspecified atom stereocenters. The average Bonchev–Trinajstić information content (AvgIpc) is 2.86. The minimum absolute atomic E-state index is 0.0107. The van der Waals surface area contributed by atoms with Gasteiger partial charge >= 0.3 is 5.97 Å². The lowest BCUT2D eigenvalue weighted by Crippen LogP contribution is -2.59. The van der Waals surface area contributed by atoms with Gasteiger partial charge in [-0.1, -0.05) is 17.7 Å². The maximum atomic E-state index is 12.7. The summed E-state index contributed by atoms with van der Waals surface area (Å²) >= 11 is 0. The second kappa shape index (κ2) is 12.0. The fraction of sp³-hybridized carbons (Fsp3) is 0.680. The predicted molar refractivity (Wildman–Crippen MR) is 136 cm³/mol. The smallest absolute Gasteiger partial charge is 0.323 e. The van der Waals surface area contributed by atoms with Gasteiger partial charge in [-0.15, -0.1) is 0 Å². The number of carboxylic acids is 1. The first kappa shape index (κ1) is 27.0. The molecule has 0 saturated carbocycles. The maximum Gasteiger partial charge on any atom is 0.323 e. The third-order valence-electron chi connectivity index (χ3n) is 7.80. The molecule has 0 aromatic heterocycles. The first-order valence-corrected chi connectivity index (χ1v) is 14.5. The van der Waals surface area contributed by atoms with Crippen molar-refractivity contribution in [3.8, 4) is 0 Å². The molecule has 3 atom stereocenters. The average molecular weight is 522 g/mol. The van der Waals surface area contributed by atoms with Gasteiger partial charge in [0.25, 0.3) is 0 Å². The van der Waals surface area contributed by atoms with E-state index in [0.29, 0.717) is 18.5 Å². The van der Waals surface area contributed by atoms with E-state index in [4.69, 9.17) is 0 Å². The number of fused-ring (bicyclic) bond motifs is 1. The van der Waals surface area contributed by atoms with Crippen LogP contribution in [0.25, 0.3) is 0 Å². The highest BCUT2D eigenvalue weighted by atomic mass is 32.2. The number of hydrogen-bond acceptors (Lipinski definition) is 7. The zero-order chi connectivity index (χ0) is 25.7. The molecule has 3 fully saturated rings. The van der Waals surface area contributed by atoms with Crippen LogP contribution in [0.1, 0.15) is 37.7 Å². The third kappa shape index (κ3) is 7.04. The van der Waals surface area contributed by atoms with Crippen LogP contribution in [0.2, 0.25) is 0 Å². The van der Waals surface area contributed by atoms with Crippen molar-refractivity contribution in [2.24, 2.45) is 5.92 Å². The van der Waals surface area contributed by atoms with Gasteiger partial charge in [-0.3, -0.25) is 19.4 Å². The van der Waals surface area contributed by atoms with E-state index in [-0.39, 0.29) is 23.3 Å². The van der Waals surface area contributed by atoms with Crippen LogP contribution in [0, 0.1) is 12.8 Å². The number of amides is 1. The van der Waals surface area contributed by atoms with Crippen LogP contribution in [0.3, 0.4) is 0 Å². The molecule has 1 aromatic rings. The van der Waals surface area contributed by atoms with Gasteiger partial charge in [-0.05, 0) is 70.3 Å². The number of piperazine rings is 1. The van der Waals surface area contributed by atoms with Gasteiger partial charge in [0, 0.05) is 44.7 Å². The van der Waals surface area contributed by atoms with Crippen molar-refractivity contribution in [1.82, 2.24) is 25.2 Å². The summed E-state index contributed by atoms with van der Waals surface area (Å²) in [5.74, 6) is -1.33. The zero-order valence-electron chi connectivity index (χ0n) is 21.0. The van der Waals surface area contributed by atoms with E-state index in [1.807, 2.05) is 6.92 Å². The fourth-order valence-corrected chi connectivity index (χ4v) is 6.87. The van der Waals surface area contributed by atoms with Crippen molar-refractivity contribution in [1.29, 1.82) is 0 Å². The van der Waals surface area contributed by atoms with Crippen LogP contribution in [0.4, 0.5) is 0 Å².